The van der Waals surface area contributed by atoms with Crippen LogP contribution in [0.2, 0.25) is 0 Å². The van der Waals surface area contributed by atoms with E-state index in [1.807, 2.05) is 18.0 Å². The second-order valence-electron chi connectivity index (χ2n) is 6.75. The number of carbonyl (C=O) groups excluding carboxylic acids is 1. The Kier molecular flexibility index (Phi) is 4.83. The van der Waals surface area contributed by atoms with Crippen molar-refractivity contribution in [3.63, 3.8) is 0 Å². The predicted molar refractivity (Wildman–Crippen MR) is 94.9 cm³/mol. The zero-order valence-electron chi connectivity index (χ0n) is 14.3. The van der Waals surface area contributed by atoms with Crippen molar-refractivity contribution in [1.29, 1.82) is 0 Å². The number of hydrogen-bond acceptors (Lipinski definition) is 4. The number of rotatable bonds is 4. The molecular formula is C17H25N3O3S. The quantitative estimate of drug-likeness (QED) is 0.881. The molecule has 1 unspecified atom stereocenters. The Morgan fingerprint density at radius 2 is 2.12 bits per heavy atom. The number of benzene rings is 1. The highest BCUT2D eigenvalue weighted by Crippen LogP contribution is 2.31. The maximum absolute atomic E-state index is 12.8. The van der Waals surface area contributed by atoms with Crippen molar-refractivity contribution in [2.45, 2.75) is 19.3 Å². The molecule has 2 heterocycles. The van der Waals surface area contributed by atoms with Gasteiger partial charge in [-0.1, -0.05) is 0 Å². The van der Waals surface area contributed by atoms with E-state index in [4.69, 9.17) is 0 Å². The lowest BCUT2D eigenvalue weighted by atomic mass is 9.97. The third kappa shape index (κ3) is 3.42. The molecule has 1 aromatic carbocycles. The molecule has 7 heteroatoms. The fourth-order valence-electron chi connectivity index (χ4n) is 3.74. The fraction of sp³-hybridized carbons (Fsp3) is 0.588. The van der Waals surface area contributed by atoms with Crippen molar-refractivity contribution in [2.24, 2.45) is 5.92 Å². The molecule has 1 amide bonds. The molecule has 0 radical (unpaired) electrons. The van der Waals surface area contributed by atoms with Gasteiger partial charge in [-0.2, -0.15) is 0 Å². The van der Waals surface area contributed by atoms with E-state index in [0.29, 0.717) is 30.1 Å². The number of carbonyl (C=O) groups is 1. The molecule has 2 aliphatic rings. The monoisotopic (exact) mass is 351 g/mol. The zero-order valence-corrected chi connectivity index (χ0v) is 15.1. The van der Waals surface area contributed by atoms with Crippen LogP contribution >= 0.6 is 0 Å². The molecule has 132 valence electrons. The molecule has 0 saturated carbocycles. The first-order valence-corrected chi connectivity index (χ1v) is 10.3. The second-order valence-corrected chi connectivity index (χ2v) is 8.65. The van der Waals surface area contributed by atoms with E-state index in [1.54, 1.807) is 12.1 Å². The number of hydrogen-bond donors (Lipinski definition) is 1. The molecule has 0 spiro atoms. The predicted octanol–water partition coefficient (Wildman–Crippen LogP) is 1.08. The minimum Gasteiger partial charge on any atom is -0.338 e. The van der Waals surface area contributed by atoms with Crippen molar-refractivity contribution in [3.05, 3.63) is 29.3 Å². The van der Waals surface area contributed by atoms with Gasteiger partial charge in [0.1, 0.15) is 0 Å². The van der Waals surface area contributed by atoms with Crippen LogP contribution in [0.4, 0.5) is 5.69 Å². The smallest absolute Gasteiger partial charge is 0.253 e. The number of fused-ring (bicyclic) bond motifs is 1. The van der Waals surface area contributed by atoms with Crippen LogP contribution in [0.1, 0.15) is 28.8 Å². The third-order valence-electron chi connectivity index (χ3n) is 4.88. The number of nitrogens with one attached hydrogen (secondary N) is 1. The highest BCUT2D eigenvalue weighted by Gasteiger charge is 2.28. The maximum Gasteiger partial charge on any atom is 0.253 e. The SMILES string of the molecule is CNCC1CCCN(C(=O)c2ccc3c(c2)CCN3S(C)(=O)=O)C1. The summed E-state index contributed by atoms with van der Waals surface area (Å²) in [5, 5.41) is 3.19. The van der Waals surface area contributed by atoms with Gasteiger partial charge in [0, 0.05) is 25.2 Å². The summed E-state index contributed by atoms with van der Waals surface area (Å²) in [5.41, 5.74) is 2.31. The topological polar surface area (TPSA) is 69.7 Å². The van der Waals surface area contributed by atoms with Crippen molar-refractivity contribution in [3.8, 4) is 0 Å². The van der Waals surface area contributed by atoms with Gasteiger partial charge in [-0.25, -0.2) is 8.42 Å². The number of anilines is 1. The number of piperidine rings is 1. The molecule has 6 nitrogen and oxygen atoms in total. The van der Waals surface area contributed by atoms with Crippen molar-refractivity contribution in [2.75, 3.05) is 43.8 Å². The second kappa shape index (κ2) is 6.72. The van der Waals surface area contributed by atoms with Gasteiger partial charge in [0.2, 0.25) is 10.0 Å². The largest absolute Gasteiger partial charge is 0.338 e. The Labute approximate surface area is 143 Å². The van der Waals surface area contributed by atoms with E-state index >= 15 is 0 Å². The van der Waals surface area contributed by atoms with Gasteiger partial charge in [-0.05, 0) is 62.5 Å². The highest BCUT2D eigenvalue weighted by molar-refractivity contribution is 7.92. The first-order chi connectivity index (χ1) is 11.4. The first kappa shape index (κ1) is 17.2. The molecule has 3 rings (SSSR count). The molecule has 1 N–H and O–H groups in total. The average molecular weight is 351 g/mol. The minimum atomic E-state index is -3.25. The Morgan fingerprint density at radius 3 is 2.83 bits per heavy atom. The summed E-state index contributed by atoms with van der Waals surface area (Å²) in [6.07, 6.45) is 4.06. The normalized spacial score (nSPS) is 21.0. The Balaban J connectivity index is 1.78. The van der Waals surface area contributed by atoms with Crippen LogP contribution in [0.3, 0.4) is 0 Å². The summed E-state index contributed by atoms with van der Waals surface area (Å²) in [4.78, 5) is 14.7. The van der Waals surface area contributed by atoms with Crippen LogP contribution in [-0.2, 0) is 16.4 Å². The van der Waals surface area contributed by atoms with E-state index in [2.05, 4.69) is 5.32 Å². The molecule has 0 aromatic heterocycles. The maximum atomic E-state index is 12.8. The van der Waals surface area contributed by atoms with Crippen LogP contribution < -0.4 is 9.62 Å². The number of sulfonamides is 1. The van der Waals surface area contributed by atoms with Crippen LogP contribution in [0.25, 0.3) is 0 Å². The van der Waals surface area contributed by atoms with Gasteiger partial charge in [0.15, 0.2) is 0 Å². The van der Waals surface area contributed by atoms with Crippen molar-refractivity contribution >= 4 is 21.6 Å². The summed E-state index contributed by atoms with van der Waals surface area (Å²) < 4.78 is 25.0. The summed E-state index contributed by atoms with van der Waals surface area (Å²) in [6, 6.07) is 5.39. The summed E-state index contributed by atoms with van der Waals surface area (Å²) in [6.45, 7) is 2.97. The van der Waals surface area contributed by atoms with Crippen LogP contribution in [-0.4, -0.2) is 58.7 Å². The van der Waals surface area contributed by atoms with Gasteiger partial charge in [-0.15, -0.1) is 0 Å². The summed E-state index contributed by atoms with van der Waals surface area (Å²) >= 11 is 0. The lowest BCUT2D eigenvalue weighted by molar-refractivity contribution is 0.0674. The van der Waals surface area contributed by atoms with Gasteiger partial charge in [0.05, 0.1) is 11.9 Å². The van der Waals surface area contributed by atoms with Crippen LogP contribution in [0.5, 0.6) is 0 Å². The van der Waals surface area contributed by atoms with Gasteiger partial charge < -0.3 is 10.2 Å². The number of likely N-dealkylation sites (tertiary alicyclic amines) is 1. The summed E-state index contributed by atoms with van der Waals surface area (Å²) in [7, 11) is -1.31. The van der Waals surface area contributed by atoms with E-state index < -0.39 is 10.0 Å². The first-order valence-electron chi connectivity index (χ1n) is 8.44. The number of amides is 1. The van der Waals surface area contributed by atoms with E-state index in [1.165, 1.54) is 10.6 Å². The fourth-order valence-corrected chi connectivity index (χ4v) is 4.69. The molecule has 2 aliphatic heterocycles. The highest BCUT2D eigenvalue weighted by atomic mass is 32.2. The van der Waals surface area contributed by atoms with E-state index in [0.717, 1.165) is 38.0 Å². The molecule has 1 fully saturated rings. The minimum absolute atomic E-state index is 0.0522. The van der Waals surface area contributed by atoms with E-state index in [9.17, 15) is 13.2 Å². The third-order valence-corrected chi connectivity index (χ3v) is 6.06. The van der Waals surface area contributed by atoms with Crippen LogP contribution in [0.15, 0.2) is 18.2 Å². The average Bonchev–Trinajstić information content (AvgIpc) is 2.98. The van der Waals surface area contributed by atoms with Gasteiger partial charge in [-0.3, -0.25) is 9.10 Å². The van der Waals surface area contributed by atoms with Gasteiger partial charge in [0.25, 0.3) is 5.91 Å². The summed E-state index contributed by atoms with van der Waals surface area (Å²) in [5.74, 6) is 0.555. The molecule has 1 saturated heterocycles. The molecule has 0 aliphatic carbocycles. The van der Waals surface area contributed by atoms with Crippen LogP contribution in [0, 0.1) is 5.92 Å². The lowest BCUT2D eigenvalue weighted by Crippen LogP contribution is -2.42. The Morgan fingerprint density at radius 1 is 1.33 bits per heavy atom. The molecule has 24 heavy (non-hydrogen) atoms. The Bertz CT molecular complexity index is 731. The lowest BCUT2D eigenvalue weighted by Gasteiger charge is -2.33. The van der Waals surface area contributed by atoms with E-state index in [-0.39, 0.29) is 5.91 Å². The molecule has 1 atom stereocenters. The van der Waals surface area contributed by atoms with Gasteiger partial charge >= 0.3 is 0 Å². The Hall–Kier alpha value is -1.60. The molecular weight excluding hydrogens is 326 g/mol. The zero-order chi connectivity index (χ0) is 17.3. The van der Waals surface area contributed by atoms with Crippen molar-refractivity contribution < 1.29 is 13.2 Å². The molecule has 1 aromatic rings. The standard InChI is InChI=1S/C17H25N3O3S/c1-18-11-13-4-3-8-19(12-13)17(21)15-5-6-16-14(10-15)7-9-20(16)24(2,22)23/h5-6,10,13,18H,3-4,7-9,11-12H2,1-2H3. The number of nitrogens with zero attached hydrogens (tertiary/aromatic N) is 2. The molecule has 0 bridgehead atoms. The van der Waals surface area contributed by atoms with Crippen molar-refractivity contribution in [1.82, 2.24) is 10.2 Å².